The van der Waals surface area contributed by atoms with E-state index in [0.29, 0.717) is 17.1 Å². The summed E-state index contributed by atoms with van der Waals surface area (Å²) < 4.78 is 6.73. The molecule has 4 aliphatic rings. The second-order valence-electron chi connectivity index (χ2n) is 10.2. The summed E-state index contributed by atoms with van der Waals surface area (Å²) in [4.78, 5) is 0. The fourth-order valence-electron chi connectivity index (χ4n) is 4.63. The normalized spacial score (nSPS) is 23.7. The Bertz CT molecular complexity index is 972. The second-order valence-corrected chi connectivity index (χ2v) is 15.1. The number of allylic oxidation sites excluding steroid dienone is 16. The zero-order chi connectivity index (χ0) is 23.8. The molecule has 32 heavy (non-hydrogen) atoms. The van der Waals surface area contributed by atoms with Gasteiger partial charge in [0.15, 0.2) is 0 Å². The van der Waals surface area contributed by atoms with E-state index in [1.165, 1.54) is 24.0 Å². The van der Waals surface area contributed by atoms with Crippen molar-refractivity contribution in [3.8, 4) is 0 Å². The van der Waals surface area contributed by atoms with E-state index in [9.17, 15) is 0 Å². The van der Waals surface area contributed by atoms with Gasteiger partial charge in [-0.3, -0.25) is 0 Å². The van der Waals surface area contributed by atoms with Crippen molar-refractivity contribution in [3.63, 3.8) is 0 Å². The molecule has 0 bridgehead atoms. The molecule has 0 spiro atoms. The Morgan fingerprint density at radius 1 is 0.562 bits per heavy atom. The minimum atomic E-state index is 0.143. The molecule has 0 nitrogen and oxygen atoms in total. The van der Waals surface area contributed by atoms with E-state index in [4.69, 9.17) is 0 Å². The average Bonchev–Trinajstić information content (AvgIpc) is 3.50. The Balaban J connectivity index is 0.000000219. The Morgan fingerprint density at radius 2 is 0.938 bits per heavy atom. The van der Waals surface area contributed by atoms with Gasteiger partial charge in [0.25, 0.3) is 0 Å². The molecule has 0 unspecified atom stereocenters. The van der Waals surface area contributed by atoms with Gasteiger partial charge in [0.2, 0.25) is 0 Å². The van der Waals surface area contributed by atoms with Crippen molar-refractivity contribution < 1.29 is 34.3 Å². The molecule has 0 amide bonds. The van der Waals surface area contributed by atoms with Gasteiger partial charge in [-0.15, -0.1) is 0 Å². The van der Waals surface area contributed by atoms with Crippen LogP contribution in [0.5, 0.6) is 0 Å². The van der Waals surface area contributed by atoms with Crippen molar-refractivity contribution in [3.05, 3.63) is 86.6 Å². The molecule has 0 fully saturated rings. The molecule has 0 saturated carbocycles. The van der Waals surface area contributed by atoms with Crippen LogP contribution in [0, 0.1) is 10.8 Å². The first kappa shape index (κ1) is 25.8. The number of rotatable bonds is 4. The van der Waals surface area contributed by atoms with Gasteiger partial charge in [0.1, 0.15) is 0 Å². The molecule has 4 aliphatic carbocycles. The molecule has 0 aromatic heterocycles. The van der Waals surface area contributed by atoms with E-state index in [-0.39, 0.29) is 28.0 Å². The second kappa shape index (κ2) is 9.80. The molecule has 4 rings (SSSR count). The van der Waals surface area contributed by atoms with E-state index in [2.05, 4.69) is 106 Å². The van der Waals surface area contributed by atoms with Crippen molar-refractivity contribution in [2.75, 3.05) is 0 Å². The number of hydrogen-bond donors (Lipinski definition) is 0. The van der Waals surface area contributed by atoms with Crippen molar-refractivity contribution >= 4 is 0 Å². The van der Waals surface area contributed by atoms with Crippen LogP contribution in [0.1, 0.15) is 82.1 Å². The molecular weight excluding hydrogens is 562 g/mol. The predicted octanol–water partition coefficient (Wildman–Crippen LogP) is 9.13. The zero-order valence-electron chi connectivity index (χ0n) is 21.6. The fourth-order valence-corrected chi connectivity index (χ4v) is 10.2. The van der Waals surface area contributed by atoms with Crippen LogP contribution in [0.25, 0.3) is 0 Å². The minimum absolute atomic E-state index is 0.143. The van der Waals surface area contributed by atoms with Gasteiger partial charge in [-0.2, -0.15) is 0 Å². The molecule has 0 radical (unpaired) electrons. The van der Waals surface area contributed by atoms with Gasteiger partial charge >= 0.3 is 214 Å². The summed E-state index contributed by atoms with van der Waals surface area (Å²) >= 11 is 0.534. The molecule has 0 aromatic rings. The van der Waals surface area contributed by atoms with Gasteiger partial charge in [-0.1, -0.05) is 0 Å². The maximum atomic E-state index is 2.41. The van der Waals surface area contributed by atoms with Crippen molar-refractivity contribution in [1.29, 1.82) is 0 Å². The first-order valence-corrected chi connectivity index (χ1v) is 15.1. The van der Waals surface area contributed by atoms with Crippen LogP contribution in [0.3, 0.4) is 0 Å². The summed E-state index contributed by atoms with van der Waals surface area (Å²) in [5.74, 6) is 0. The summed E-state index contributed by atoms with van der Waals surface area (Å²) in [5.41, 5.74) is 9.82. The van der Waals surface area contributed by atoms with Crippen LogP contribution in [0.15, 0.2) is 86.6 Å². The quantitative estimate of drug-likeness (QED) is 0.282. The molecular formula is C30H40Ru2. The standard InChI is InChI=1S/2C10H15.2C5H5.2Ru/c2*1-7-6-10(4,5)9(3)8(7)2;2*1-2-4-5-3-1;;/h2*1-5H3;2*1-3H,4H2;;. The van der Waals surface area contributed by atoms with Crippen molar-refractivity contribution in [1.82, 2.24) is 0 Å². The van der Waals surface area contributed by atoms with Crippen LogP contribution in [0.4, 0.5) is 0 Å². The molecule has 0 atom stereocenters. The molecule has 0 N–H and O–H groups in total. The van der Waals surface area contributed by atoms with Crippen LogP contribution in [0.2, 0.25) is 0 Å². The molecule has 176 valence electrons. The van der Waals surface area contributed by atoms with Crippen LogP contribution in [-0.2, 0) is 34.3 Å². The monoisotopic (exact) mass is 604 g/mol. The Kier molecular flexibility index (Phi) is 7.90. The Hall–Kier alpha value is -0.833. The summed E-state index contributed by atoms with van der Waals surface area (Å²) in [6, 6.07) is 0. The van der Waals surface area contributed by atoms with E-state index in [1.54, 1.807) is 39.0 Å². The topological polar surface area (TPSA) is 0 Å². The van der Waals surface area contributed by atoms with Crippen LogP contribution in [-0.4, -0.2) is 0 Å². The first-order chi connectivity index (χ1) is 14.9. The van der Waals surface area contributed by atoms with E-state index in [0.717, 1.165) is 0 Å². The van der Waals surface area contributed by atoms with Crippen LogP contribution < -0.4 is 0 Å². The van der Waals surface area contributed by atoms with Gasteiger partial charge in [0, 0.05) is 0 Å². The Labute approximate surface area is 212 Å². The number of hydrogen-bond acceptors (Lipinski definition) is 0. The molecule has 0 aliphatic heterocycles. The third kappa shape index (κ3) is 4.84. The van der Waals surface area contributed by atoms with Crippen molar-refractivity contribution in [2.45, 2.75) is 82.1 Å². The molecule has 0 heterocycles. The van der Waals surface area contributed by atoms with E-state index < -0.39 is 0 Å². The molecule has 2 heteroatoms. The third-order valence-electron chi connectivity index (χ3n) is 7.67. The summed E-state index contributed by atoms with van der Waals surface area (Å²) in [7, 11) is 0. The molecule has 0 aromatic carbocycles. The van der Waals surface area contributed by atoms with Gasteiger partial charge in [-0.05, 0) is 0 Å². The van der Waals surface area contributed by atoms with Crippen LogP contribution >= 0.6 is 0 Å². The predicted molar refractivity (Wildman–Crippen MR) is 133 cm³/mol. The summed E-state index contributed by atoms with van der Waals surface area (Å²) in [6.45, 7) is 23.6. The fraction of sp³-hybridized carbons (Fsp3) is 0.467. The van der Waals surface area contributed by atoms with Crippen molar-refractivity contribution in [2.24, 2.45) is 10.8 Å². The van der Waals surface area contributed by atoms with E-state index >= 15 is 0 Å². The van der Waals surface area contributed by atoms with Gasteiger partial charge < -0.3 is 0 Å². The van der Waals surface area contributed by atoms with Gasteiger partial charge in [-0.25, -0.2) is 0 Å². The molecule has 0 saturated heterocycles. The summed E-state index contributed by atoms with van der Waals surface area (Å²) in [6.07, 6.45) is 15.8. The van der Waals surface area contributed by atoms with Gasteiger partial charge in [0.05, 0.1) is 0 Å². The average molecular weight is 603 g/mol. The Morgan fingerprint density at radius 3 is 1.19 bits per heavy atom. The zero-order valence-corrected chi connectivity index (χ0v) is 25.1. The maximum absolute atomic E-state index is 2.41. The third-order valence-corrected chi connectivity index (χ3v) is 14.4. The summed E-state index contributed by atoms with van der Waals surface area (Å²) in [5, 5.41) is 0. The van der Waals surface area contributed by atoms with E-state index in [1.807, 2.05) is 0 Å². The SMILES string of the molecule is C1=CC[C]([Ru][C]2=CC=CC2)=C1.CC1=C(C)C(C)(C)[C]([Ru][C]2=C(C)C(C)=C(C)C2(C)C)=C1C. The first-order valence-electron chi connectivity index (χ1n) is 11.6.